The Bertz CT molecular complexity index is 770. The summed E-state index contributed by atoms with van der Waals surface area (Å²) in [5.41, 5.74) is 3.37. The maximum atomic E-state index is 12.4. The number of carbonyl (C=O) groups is 2. The third kappa shape index (κ3) is 4.72. The van der Waals surface area contributed by atoms with Gasteiger partial charge in [-0.3, -0.25) is 9.59 Å². The molecule has 0 fully saturated rings. The van der Waals surface area contributed by atoms with Crippen molar-refractivity contribution in [3.63, 3.8) is 0 Å². The molecule has 1 aliphatic carbocycles. The second-order valence-electron chi connectivity index (χ2n) is 6.41. The van der Waals surface area contributed by atoms with Crippen LogP contribution in [0.3, 0.4) is 0 Å². The van der Waals surface area contributed by atoms with Crippen LogP contribution >= 0.6 is 11.3 Å². The zero-order chi connectivity index (χ0) is 17.6. The van der Waals surface area contributed by atoms with E-state index in [1.54, 1.807) is 0 Å². The Morgan fingerprint density at radius 3 is 2.72 bits per heavy atom. The molecule has 132 valence electrons. The average Bonchev–Trinajstić information content (AvgIpc) is 3.06. The lowest BCUT2D eigenvalue weighted by Crippen LogP contribution is -2.14. The van der Waals surface area contributed by atoms with E-state index in [2.05, 4.69) is 28.5 Å². The van der Waals surface area contributed by atoms with Crippen LogP contribution in [0.25, 0.3) is 0 Å². The van der Waals surface area contributed by atoms with E-state index in [4.69, 9.17) is 0 Å². The Morgan fingerprint density at radius 1 is 1.12 bits per heavy atom. The number of aromatic nitrogens is 2. The number of Topliss-reactive ketones (excluding diaryl/α,β-unsaturated/α-hetero) is 1. The second-order valence-corrected chi connectivity index (χ2v) is 7.47. The number of hydrogen-bond donors (Lipinski definition) is 1. The van der Waals surface area contributed by atoms with Crippen molar-refractivity contribution in [2.75, 3.05) is 5.32 Å². The minimum absolute atomic E-state index is 0.0208. The summed E-state index contributed by atoms with van der Waals surface area (Å²) >= 11 is 1.39. The van der Waals surface area contributed by atoms with Crippen molar-refractivity contribution in [2.45, 2.75) is 58.3 Å². The molecule has 6 heteroatoms. The van der Waals surface area contributed by atoms with E-state index in [9.17, 15) is 9.59 Å². The topological polar surface area (TPSA) is 72.0 Å². The minimum atomic E-state index is -0.189. The van der Waals surface area contributed by atoms with Crippen molar-refractivity contribution in [3.05, 3.63) is 39.9 Å². The summed E-state index contributed by atoms with van der Waals surface area (Å²) in [6.45, 7) is 2.08. The Kier molecular flexibility index (Phi) is 5.91. The van der Waals surface area contributed by atoms with Crippen LogP contribution in [0, 0.1) is 0 Å². The highest BCUT2D eigenvalue weighted by molar-refractivity contribution is 7.15. The zero-order valence-corrected chi connectivity index (χ0v) is 15.3. The van der Waals surface area contributed by atoms with E-state index >= 15 is 0 Å². The van der Waals surface area contributed by atoms with Gasteiger partial charge in [0, 0.05) is 24.8 Å². The molecule has 1 heterocycles. The molecule has 0 saturated carbocycles. The number of anilines is 1. The predicted octanol–water partition coefficient (Wildman–Crippen LogP) is 3.97. The standard InChI is InChI=1S/C19H23N3O2S/c1-2-5-18-21-22-19(25-18)20-17(24)11-10-16(23)15-9-8-13-6-3-4-7-14(13)12-15/h8-9,12H,2-7,10-11H2,1H3,(H,20,22,24). The third-order valence-corrected chi connectivity index (χ3v) is 5.33. The van der Waals surface area contributed by atoms with Gasteiger partial charge in [-0.05, 0) is 49.3 Å². The molecule has 1 aromatic carbocycles. The number of hydrogen-bond acceptors (Lipinski definition) is 5. The number of nitrogens with one attached hydrogen (secondary N) is 1. The molecule has 0 saturated heterocycles. The van der Waals surface area contributed by atoms with Crippen molar-refractivity contribution >= 4 is 28.2 Å². The van der Waals surface area contributed by atoms with E-state index in [1.807, 2.05) is 12.1 Å². The largest absolute Gasteiger partial charge is 0.301 e. The summed E-state index contributed by atoms with van der Waals surface area (Å²) in [7, 11) is 0. The second kappa shape index (κ2) is 8.34. The van der Waals surface area contributed by atoms with Crippen LogP contribution in [0.1, 0.15) is 65.5 Å². The van der Waals surface area contributed by atoms with Gasteiger partial charge < -0.3 is 5.32 Å². The maximum Gasteiger partial charge on any atom is 0.226 e. The average molecular weight is 357 g/mol. The van der Waals surface area contributed by atoms with Crippen molar-refractivity contribution < 1.29 is 9.59 Å². The van der Waals surface area contributed by atoms with Gasteiger partial charge in [-0.1, -0.05) is 30.4 Å². The highest BCUT2D eigenvalue weighted by Crippen LogP contribution is 2.23. The summed E-state index contributed by atoms with van der Waals surface area (Å²) in [6.07, 6.45) is 6.81. The molecule has 5 nitrogen and oxygen atoms in total. The molecule has 0 unspecified atom stereocenters. The van der Waals surface area contributed by atoms with Crippen molar-refractivity contribution in [1.29, 1.82) is 0 Å². The molecule has 0 bridgehead atoms. The van der Waals surface area contributed by atoms with E-state index in [-0.39, 0.29) is 24.5 Å². The fourth-order valence-corrected chi connectivity index (χ4v) is 3.94. The lowest BCUT2D eigenvalue weighted by molar-refractivity contribution is -0.116. The first kappa shape index (κ1) is 17.7. The van der Waals surface area contributed by atoms with E-state index in [0.29, 0.717) is 5.13 Å². The van der Waals surface area contributed by atoms with Crippen molar-refractivity contribution in [2.24, 2.45) is 0 Å². The molecule has 1 amide bonds. The Morgan fingerprint density at radius 2 is 1.92 bits per heavy atom. The lowest BCUT2D eigenvalue weighted by Gasteiger charge is -2.16. The minimum Gasteiger partial charge on any atom is -0.301 e. The normalized spacial score (nSPS) is 13.3. The van der Waals surface area contributed by atoms with Gasteiger partial charge in [0.1, 0.15) is 5.01 Å². The van der Waals surface area contributed by atoms with Crippen LogP contribution in [0.2, 0.25) is 0 Å². The Balaban J connectivity index is 1.52. The number of benzene rings is 1. The summed E-state index contributed by atoms with van der Waals surface area (Å²) in [6, 6.07) is 5.97. The summed E-state index contributed by atoms with van der Waals surface area (Å²) < 4.78 is 0. The summed E-state index contributed by atoms with van der Waals surface area (Å²) in [5.74, 6) is -0.169. The van der Waals surface area contributed by atoms with Crippen LogP contribution in [0.4, 0.5) is 5.13 Å². The third-order valence-electron chi connectivity index (χ3n) is 4.43. The number of ketones is 1. The maximum absolute atomic E-state index is 12.4. The molecule has 0 aliphatic heterocycles. The molecular weight excluding hydrogens is 334 g/mol. The van der Waals surface area contributed by atoms with Gasteiger partial charge in [0.15, 0.2) is 5.78 Å². The SMILES string of the molecule is CCCc1nnc(NC(=O)CCC(=O)c2ccc3c(c2)CCCC3)s1. The number of aryl methyl sites for hydroxylation is 3. The van der Waals surface area contributed by atoms with Gasteiger partial charge in [0.2, 0.25) is 11.0 Å². The van der Waals surface area contributed by atoms with Gasteiger partial charge in [0.25, 0.3) is 0 Å². The molecular formula is C19H23N3O2S. The van der Waals surface area contributed by atoms with Gasteiger partial charge in [0.05, 0.1) is 0 Å². The van der Waals surface area contributed by atoms with Crippen LogP contribution in [0.5, 0.6) is 0 Å². The molecule has 0 atom stereocenters. The van der Waals surface area contributed by atoms with Gasteiger partial charge >= 0.3 is 0 Å². The number of fused-ring (bicyclic) bond motifs is 1. The van der Waals surface area contributed by atoms with Crippen LogP contribution < -0.4 is 5.32 Å². The monoisotopic (exact) mass is 357 g/mol. The first-order valence-corrected chi connectivity index (χ1v) is 9.74. The smallest absolute Gasteiger partial charge is 0.226 e. The summed E-state index contributed by atoms with van der Waals surface area (Å²) in [5, 5.41) is 12.1. The lowest BCUT2D eigenvalue weighted by atomic mass is 9.89. The van der Waals surface area contributed by atoms with Crippen molar-refractivity contribution in [3.8, 4) is 0 Å². The quantitative estimate of drug-likeness (QED) is 0.761. The molecule has 1 aliphatic rings. The van der Waals surface area contributed by atoms with E-state index < -0.39 is 0 Å². The van der Waals surface area contributed by atoms with Gasteiger partial charge in [-0.15, -0.1) is 10.2 Å². The van der Waals surface area contributed by atoms with Crippen LogP contribution in [-0.2, 0) is 24.1 Å². The Labute approximate surface area is 151 Å². The van der Waals surface area contributed by atoms with Crippen LogP contribution in [0.15, 0.2) is 18.2 Å². The van der Waals surface area contributed by atoms with E-state index in [1.165, 1.54) is 35.3 Å². The molecule has 25 heavy (non-hydrogen) atoms. The molecule has 3 rings (SSSR count). The number of rotatable bonds is 7. The first-order valence-electron chi connectivity index (χ1n) is 8.93. The molecule has 2 aromatic rings. The molecule has 1 aromatic heterocycles. The number of nitrogens with zero attached hydrogens (tertiary/aromatic N) is 2. The number of amides is 1. The molecule has 1 N–H and O–H groups in total. The molecule has 0 spiro atoms. The fourth-order valence-electron chi connectivity index (χ4n) is 3.08. The number of carbonyl (C=O) groups excluding carboxylic acids is 2. The fraction of sp³-hybridized carbons (Fsp3) is 0.474. The van der Waals surface area contributed by atoms with Crippen molar-refractivity contribution in [1.82, 2.24) is 10.2 Å². The summed E-state index contributed by atoms with van der Waals surface area (Å²) in [4.78, 5) is 24.4. The predicted molar refractivity (Wildman–Crippen MR) is 99.2 cm³/mol. The van der Waals surface area contributed by atoms with E-state index in [0.717, 1.165) is 36.3 Å². The van der Waals surface area contributed by atoms with Gasteiger partial charge in [-0.25, -0.2) is 0 Å². The molecule has 0 radical (unpaired) electrons. The Hall–Kier alpha value is -2.08. The first-order chi connectivity index (χ1) is 12.2. The highest BCUT2D eigenvalue weighted by Gasteiger charge is 2.15. The van der Waals surface area contributed by atoms with Crippen LogP contribution in [-0.4, -0.2) is 21.9 Å². The highest BCUT2D eigenvalue weighted by atomic mass is 32.1. The zero-order valence-electron chi connectivity index (χ0n) is 14.5. The van der Waals surface area contributed by atoms with Gasteiger partial charge in [-0.2, -0.15) is 0 Å².